The van der Waals surface area contributed by atoms with Crippen molar-refractivity contribution in [1.82, 2.24) is 9.78 Å². The van der Waals surface area contributed by atoms with Crippen LogP contribution in [0.2, 0.25) is 0 Å². The van der Waals surface area contributed by atoms with Gasteiger partial charge in [-0.2, -0.15) is 10.4 Å². The van der Waals surface area contributed by atoms with Gasteiger partial charge in [0.15, 0.2) is 0 Å². The summed E-state index contributed by atoms with van der Waals surface area (Å²) >= 11 is 0. The third kappa shape index (κ3) is 1.72. The number of hydrogen-bond acceptors (Lipinski definition) is 2. The second kappa shape index (κ2) is 3.54. The molecule has 74 valence electrons. The van der Waals surface area contributed by atoms with Crippen LogP contribution < -0.4 is 0 Å². The van der Waals surface area contributed by atoms with Crippen LogP contribution in [0.3, 0.4) is 0 Å². The smallest absolute Gasteiger partial charge is 0.131 e. The van der Waals surface area contributed by atoms with Crippen molar-refractivity contribution in [2.75, 3.05) is 0 Å². The molecule has 0 amide bonds. The van der Waals surface area contributed by atoms with Crippen LogP contribution >= 0.6 is 0 Å². The Bertz CT molecular complexity index is 537. The Hall–Kier alpha value is -2.15. The predicted molar refractivity (Wildman–Crippen MR) is 53.3 cm³/mol. The van der Waals surface area contributed by atoms with Gasteiger partial charge >= 0.3 is 0 Å². The fourth-order valence-corrected chi connectivity index (χ4v) is 1.38. The maximum atomic E-state index is 13.5. The molecule has 0 aliphatic rings. The number of nitriles is 1. The lowest BCUT2D eigenvalue weighted by atomic mass is 10.1. The van der Waals surface area contributed by atoms with Crippen molar-refractivity contribution >= 4 is 0 Å². The van der Waals surface area contributed by atoms with E-state index in [2.05, 4.69) is 5.10 Å². The Kier molecular flexibility index (Phi) is 2.22. The van der Waals surface area contributed by atoms with Crippen LogP contribution in [-0.4, -0.2) is 9.78 Å². The van der Waals surface area contributed by atoms with E-state index in [-0.39, 0.29) is 5.82 Å². The second-order valence-corrected chi connectivity index (χ2v) is 3.21. The second-order valence-electron chi connectivity index (χ2n) is 3.21. The quantitative estimate of drug-likeness (QED) is 0.709. The molecule has 2 rings (SSSR count). The Balaban J connectivity index is 2.57. The molecule has 0 unspecified atom stereocenters. The average molecular weight is 201 g/mol. The Morgan fingerprint density at radius 1 is 1.47 bits per heavy atom. The van der Waals surface area contributed by atoms with Gasteiger partial charge in [0.1, 0.15) is 5.82 Å². The highest BCUT2D eigenvalue weighted by molar-refractivity contribution is 5.64. The molecule has 0 bridgehead atoms. The zero-order valence-corrected chi connectivity index (χ0v) is 8.11. The van der Waals surface area contributed by atoms with Crippen molar-refractivity contribution < 1.29 is 4.39 Å². The van der Waals surface area contributed by atoms with Crippen LogP contribution in [0, 0.1) is 17.1 Å². The Labute approximate surface area is 86.4 Å². The molecular formula is C11H8FN3. The molecule has 0 spiro atoms. The topological polar surface area (TPSA) is 41.6 Å². The first-order valence-corrected chi connectivity index (χ1v) is 4.39. The van der Waals surface area contributed by atoms with E-state index in [1.165, 1.54) is 18.2 Å². The zero-order valence-electron chi connectivity index (χ0n) is 8.11. The SMILES string of the molecule is Cn1cc(-c2cc(C#N)ccc2F)cn1. The van der Waals surface area contributed by atoms with Gasteiger partial charge in [-0.05, 0) is 18.2 Å². The fourth-order valence-electron chi connectivity index (χ4n) is 1.38. The monoisotopic (exact) mass is 201 g/mol. The van der Waals surface area contributed by atoms with E-state index in [9.17, 15) is 4.39 Å². The number of rotatable bonds is 1. The van der Waals surface area contributed by atoms with Gasteiger partial charge in [0.25, 0.3) is 0 Å². The highest BCUT2D eigenvalue weighted by Gasteiger charge is 2.07. The van der Waals surface area contributed by atoms with Gasteiger partial charge in [0, 0.05) is 24.4 Å². The van der Waals surface area contributed by atoms with Crippen molar-refractivity contribution in [3.63, 3.8) is 0 Å². The molecule has 0 atom stereocenters. The van der Waals surface area contributed by atoms with Crippen molar-refractivity contribution in [1.29, 1.82) is 5.26 Å². The lowest BCUT2D eigenvalue weighted by Gasteiger charge is -1.99. The van der Waals surface area contributed by atoms with Gasteiger partial charge in [0.05, 0.1) is 17.8 Å². The van der Waals surface area contributed by atoms with Crippen molar-refractivity contribution in [3.8, 4) is 17.2 Å². The molecule has 15 heavy (non-hydrogen) atoms. The number of hydrogen-bond donors (Lipinski definition) is 0. The van der Waals surface area contributed by atoms with Crippen LogP contribution in [-0.2, 0) is 7.05 Å². The first-order valence-electron chi connectivity index (χ1n) is 4.39. The molecule has 1 aromatic heterocycles. The van der Waals surface area contributed by atoms with Crippen LogP contribution in [0.5, 0.6) is 0 Å². The first-order chi connectivity index (χ1) is 7.20. The van der Waals surface area contributed by atoms with Crippen LogP contribution in [0.15, 0.2) is 30.6 Å². The molecule has 0 aliphatic carbocycles. The molecular weight excluding hydrogens is 193 g/mol. The maximum Gasteiger partial charge on any atom is 0.131 e. The number of halogens is 1. The number of nitrogens with zero attached hydrogens (tertiary/aromatic N) is 3. The summed E-state index contributed by atoms with van der Waals surface area (Å²) in [4.78, 5) is 0. The minimum absolute atomic E-state index is 0.345. The highest BCUT2D eigenvalue weighted by atomic mass is 19.1. The summed E-state index contributed by atoms with van der Waals surface area (Å²) < 4.78 is 15.0. The van der Waals surface area contributed by atoms with Gasteiger partial charge in [-0.15, -0.1) is 0 Å². The van der Waals surface area contributed by atoms with E-state index in [1.54, 1.807) is 24.1 Å². The van der Waals surface area contributed by atoms with Gasteiger partial charge in [-0.25, -0.2) is 4.39 Å². The summed E-state index contributed by atoms with van der Waals surface area (Å²) in [6, 6.07) is 6.24. The largest absolute Gasteiger partial charge is 0.275 e. The lowest BCUT2D eigenvalue weighted by molar-refractivity contribution is 0.631. The summed E-state index contributed by atoms with van der Waals surface area (Å²) in [5.74, 6) is -0.345. The maximum absolute atomic E-state index is 13.5. The van der Waals surface area contributed by atoms with E-state index >= 15 is 0 Å². The van der Waals surface area contributed by atoms with Gasteiger partial charge < -0.3 is 0 Å². The molecule has 0 saturated carbocycles. The number of benzene rings is 1. The zero-order chi connectivity index (χ0) is 10.8. The molecule has 0 saturated heterocycles. The summed E-state index contributed by atoms with van der Waals surface area (Å²) in [5.41, 5.74) is 1.52. The van der Waals surface area contributed by atoms with Crippen molar-refractivity contribution in [3.05, 3.63) is 42.0 Å². The Morgan fingerprint density at radius 3 is 2.87 bits per heavy atom. The number of aromatic nitrogens is 2. The minimum Gasteiger partial charge on any atom is -0.275 e. The molecule has 4 heteroatoms. The fraction of sp³-hybridized carbons (Fsp3) is 0.0909. The third-order valence-corrected chi connectivity index (χ3v) is 2.11. The molecule has 0 fully saturated rings. The van der Waals surface area contributed by atoms with Crippen LogP contribution in [0.1, 0.15) is 5.56 Å². The molecule has 3 nitrogen and oxygen atoms in total. The Morgan fingerprint density at radius 2 is 2.27 bits per heavy atom. The first kappa shape index (κ1) is 9.41. The normalized spacial score (nSPS) is 9.93. The molecule has 1 heterocycles. The standard InChI is InChI=1S/C11H8FN3/c1-15-7-9(6-14-15)10-4-8(5-13)2-3-11(10)12/h2-4,6-7H,1H3. The summed E-state index contributed by atoms with van der Waals surface area (Å²) in [6.45, 7) is 0. The predicted octanol–water partition coefficient (Wildman–Crippen LogP) is 2.10. The van der Waals surface area contributed by atoms with Gasteiger partial charge in [0.2, 0.25) is 0 Å². The minimum atomic E-state index is -0.345. The highest BCUT2D eigenvalue weighted by Crippen LogP contribution is 2.22. The van der Waals surface area contributed by atoms with E-state index in [1.807, 2.05) is 6.07 Å². The molecule has 2 aromatic rings. The van der Waals surface area contributed by atoms with Crippen molar-refractivity contribution in [2.45, 2.75) is 0 Å². The van der Waals surface area contributed by atoms with E-state index < -0.39 is 0 Å². The molecule has 1 aromatic carbocycles. The van der Waals surface area contributed by atoms with E-state index in [0.717, 1.165) is 0 Å². The molecule has 0 radical (unpaired) electrons. The third-order valence-electron chi connectivity index (χ3n) is 2.11. The van der Waals surface area contributed by atoms with Gasteiger partial charge in [-0.1, -0.05) is 0 Å². The average Bonchev–Trinajstić information content (AvgIpc) is 2.65. The van der Waals surface area contributed by atoms with E-state index in [0.29, 0.717) is 16.7 Å². The van der Waals surface area contributed by atoms with Crippen LogP contribution in [0.4, 0.5) is 4.39 Å². The summed E-state index contributed by atoms with van der Waals surface area (Å²) in [7, 11) is 1.76. The van der Waals surface area contributed by atoms with Crippen molar-refractivity contribution in [2.24, 2.45) is 7.05 Å². The summed E-state index contributed by atoms with van der Waals surface area (Å²) in [6.07, 6.45) is 3.28. The number of aryl methyl sites for hydroxylation is 1. The van der Waals surface area contributed by atoms with Crippen LogP contribution in [0.25, 0.3) is 11.1 Å². The lowest BCUT2D eigenvalue weighted by Crippen LogP contribution is -1.86. The summed E-state index contributed by atoms with van der Waals surface area (Å²) in [5, 5.41) is 12.7. The van der Waals surface area contributed by atoms with E-state index in [4.69, 9.17) is 5.26 Å². The molecule has 0 N–H and O–H groups in total. The molecule has 0 aliphatic heterocycles. The van der Waals surface area contributed by atoms with Gasteiger partial charge in [-0.3, -0.25) is 4.68 Å².